The van der Waals surface area contributed by atoms with Gasteiger partial charge in [-0.25, -0.2) is 0 Å². The van der Waals surface area contributed by atoms with Crippen LogP contribution < -0.4 is 10.1 Å². The van der Waals surface area contributed by atoms with Crippen LogP contribution in [0.3, 0.4) is 0 Å². The highest BCUT2D eigenvalue weighted by Gasteiger charge is 2.05. The number of methoxy groups -OCH3 is 1. The van der Waals surface area contributed by atoms with Gasteiger partial charge in [-0.1, -0.05) is 40.2 Å². The molecule has 0 radical (unpaired) electrons. The predicted octanol–water partition coefficient (Wildman–Crippen LogP) is 4.62. The van der Waals surface area contributed by atoms with Crippen LogP contribution in [0.4, 0.5) is 0 Å². The maximum Gasteiger partial charge on any atom is 0.118 e. The minimum Gasteiger partial charge on any atom is -0.497 e. The fraction of sp³-hybridized carbons (Fsp3) is 0.294. The minimum absolute atomic E-state index is 0.306. The number of nitrogens with one attached hydrogen (secondary N) is 1. The molecule has 0 heterocycles. The summed E-state index contributed by atoms with van der Waals surface area (Å²) < 4.78 is 6.34. The van der Waals surface area contributed by atoms with E-state index in [9.17, 15) is 0 Å². The summed E-state index contributed by atoms with van der Waals surface area (Å²) in [5.74, 6) is 0.892. The van der Waals surface area contributed by atoms with Crippen LogP contribution in [0.5, 0.6) is 5.75 Å². The maximum absolute atomic E-state index is 5.18. The summed E-state index contributed by atoms with van der Waals surface area (Å²) in [6, 6.07) is 15.0. The number of rotatable bonds is 5. The van der Waals surface area contributed by atoms with E-state index in [1.807, 2.05) is 12.1 Å². The maximum atomic E-state index is 5.18. The lowest BCUT2D eigenvalue weighted by molar-refractivity contribution is 0.414. The Hall–Kier alpha value is -1.32. The highest BCUT2D eigenvalue weighted by Crippen LogP contribution is 2.20. The smallest absolute Gasteiger partial charge is 0.118 e. The molecule has 0 fully saturated rings. The van der Waals surface area contributed by atoms with E-state index in [0.717, 1.165) is 16.8 Å². The highest BCUT2D eigenvalue weighted by atomic mass is 79.9. The normalized spacial score (nSPS) is 12.2. The first-order valence-electron chi connectivity index (χ1n) is 6.72. The second-order valence-corrected chi connectivity index (χ2v) is 5.81. The Morgan fingerprint density at radius 1 is 1.15 bits per heavy atom. The van der Waals surface area contributed by atoms with Gasteiger partial charge in [-0.2, -0.15) is 0 Å². The van der Waals surface area contributed by atoms with Crippen molar-refractivity contribution in [2.24, 2.45) is 0 Å². The van der Waals surface area contributed by atoms with Crippen LogP contribution >= 0.6 is 15.9 Å². The molecule has 0 saturated heterocycles. The van der Waals surface area contributed by atoms with Crippen molar-refractivity contribution in [1.82, 2.24) is 5.32 Å². The fourth-order valence-corrected chi connectivity index (χ4v) is 2.45. The van der Waals surface area contributed by atoms with Gasteiger partial charge in [0.2, 0.25) is 0 Å². The number of hydrogen-bond acceptors (Lipinski definition) is 2. The summed E-state index contributed by atoms with van der Waals surface area (Å²) in [4.78, 5) is 0. The Bertz CT molecular complexity index is 566. The van der Waals surface area contributed by atoms with Gasteiger partial charge in [0.25, 0.3) is 0 Å². The number of hydrogen-bond donors (Lipinski definition) is 1. The lowest BCUT2D eigenvalue weighted by Gasteiger charge is -2.15. The first-order chi connectivity index (χ1) is 9.60. The molecule has 1 N–H and O–H groups in total. The molecule has 106 valence electrons. The molecule has 0 aliphatic carbocycles. The molecule has 0 aromatic heterocycles. The second-order valence-electron chi connectivity index (χ2n) is 4.96. The van der Waals surface area contributed by atoms with E-state index in [0.29, 0.717) is 6.04 Å². The van der Waals surface area contributed by atoms with Crippen molar-refractivity contribution in [1.29, 1.82) is 0 Å². The minimum atomic E-state index is 0.306. The molecule has 2 aromatic rings. The Morgan fingerprint density at radius 2 is 1.85 bits per heavy atom. The zero-order valence-corrected chi connectivity index (χ0v) is 13.7. The number of halogens is 1. The zero-order chi connectivity index (χ0) is 14.5. The summed E-state index contributed by atoms with van der Waals surface area (Å²) in [5, 5.41) is 3.54. The molecule has 0 aliphatic rings. The van der Waals surface area contributed by atoms with E-state index < -0.39 is 0 Å². The van der Waals surface area contributed by atoms with Gasteiger partial charge in [0.05, 0.1) is 7.11 Å². The SMILES string of the molecule is COc1ccc([C@H](C)NCc2ccc(C)c(Br)c2)cc1. The molecule has 0 bridgehead atoms. The second kappa shape index (κ2) is 6.91. The van der Waals surface area contributed by atoms with Crippen molar-refractivity contribution in [2.75, 3.05) is 7.11 Å². The molecule has 0 saturated carbocycles. The van der Waals surface area contributed by atoms with Crippen molar-refractivity contribution in [3.63, 3.8) is 0 Å². The number of ether oxygens (including phenoxy) is 1. The lowest BCUT2D eigenvalue weighted by atomic mass is 10.1. The van der Waals surface area contributed by atoms with Crippen molar-refractivity contribution < 1.29 is 4.74 Å². The molecule has 20 heavy (non-hydrogen) atoms. The van der Waals surface area contributed by atoms with Crippen LogP contribution in [0.15, 0.2) is 46.9 Å². The quantitative estimate of drug-likeness (QED) is 0.862. The molecule has 1 atom stereocenters. The number of benzene rings is 2. The summed E-state index contributed by atoms with van der Waals surface area (Å²) in [6.07, 6.45) is 0. The van der Waals surface area contributed by atoms with Crippen LogP contribution in [0.1, 0.15) is 29.7 Å². The monoisotopic (exact) mass is 333 g/mol. The Morgan fingerprint density at radius 3 is 2.45 bits per heavy atom. The Labute approximate surface area is 129 Å². The van der Waals surface area contributed by atoms with Gasteiger partial charge < -0.3 is 10.1 Å². The molecular formula is C17H20BrNO. The third-order valence-electron chi connectivity index (χ3n) is 3.46. The third kappa shape index (κ3) is 3.84. The van der Waals surface area contributed by atoms with Crippen LogP contribution in [-0.2, 0) is 6.54 Å². The summed E-state index contributed by atoms with van der Waals surface area (Å²) in [6.45, 7) is 5.12. The molecule has 0 unspecified atom stereocenters. The summed E-state index contributed by atoms with van der Waals surface area (Å²) >= 11 is 3.57. The predicted molar refractivity (Wildman–Crippen MR) is 87.1 cm³/mol. The van der Waals surface area contributed by atoms with Crippen molar-refractivity contribution >= 4 is 15.9 Å². The zero-order valence-electron chi connectivity index (χ0n) is 12.1. The van der Waals surface area contributed by atoms with Crippen molar-refractivity contribution in [3.05, 3.63) is 63.6 Å². The summed E-state index contributed by atoms with van der Waals surface area (Å²) in [7, 11) is 1.69. The lowest BCUT2D eigenvalue weighted by Crippen LogP contribution is -2.18. The summed E-state index contributed by atoms with van der Waals surface area (Å²) in [5.41, 5.74) is 3.80. The van der Waals surface area contributed by atoms with Crippen molar-refractivity contribution in [3.8, 4) is 5.75 Å². The number of aryl methyl sites for hydroxylation is 1. The van der Waals surface area contributed by atoms with E-state index in [1.54, 1.807) is 7.11 Å². The largest absolute Gasteiger partial charge is 0.497 e. The average molecular weight is 334 g/mol. The molecule has 2 nitrogen and oxygen atoms in total. The highest BCUT2D eigenvalue weighted by molar-refractivity contribution is 9.10. The molecule has 0 aliphatic heterocycles. The van der Waals surface area contributed by atoms with Crippen LogP contribution in [0.25, 0.3) is 0 Å². The van der Waals surface area contributed by atoms with E-state index in [1.165, 1.54) is 16.7 Å². The standard InChI is InChI=1S/C17H20BrNO/c1-12-4-5-14(10-17(12)18)11-19-13(2)15-6-8-16(20-3)9-7-15/h4-10,13,19H,11H2,1-3H3/t13-/m0/s1. The van der Waals surface area contributed by atoms with Crippen LogP contribution in [-0.4, -0.2) is 7.11 Å². The Balaban J connectivity index is 1.96. The molecule has 2 rings (SSSR count). The van der Waals surface area contributed by atoms with E-state index in [-0.39, 0.29) is 0 Å². The van der Waals surface area contributed by atoms with Gasteiger partial charge in [-0.15, -0.1) is 0 Å². The van der Waals surface area contributed by atoms with E-state index >= 15 is 0 Å². The first-order valence-corrected chi connectivity index (χ1v) is 7.52. The molecule has 0 amide bonds. The van der Waals surface area contributed by atoms with Gasteiger partial charge >= 0.3 is 0 Å². The Kier molecular flexibility index (Phi) is 5.21. The van der Waals surface area contributed by atoms with Gasteiger partial charge in [0, 0.05) is 17.1 Å². The van der Waals surface area contributed by atoms with Gasteiger partial charge in [0.15, 0.2) is 0 Å². The van der Waals surface area contributed by atoms with Gasteiger partial charge in [0.1, 0.15) is 5.75 Å². The third-order valence-corrected chi connectivity index (χ3v) is 4.32. The molecule has 3 heteroatoms. The average Bonchev–Trinajstić information content (AvgIpc) is 2.48. The van der Waals surface area contributed by atoms with Gasteiger partial charge in [-0.05, 0) is 48.7 Å². The van der Waals surface area contributed by atoms with Crippen LogP contribution in [0.2, 0.25) is 0 Å². The molecular weight excluding hydrogens is 314 g/mol. The topological polar surface area (TPSA) is 21.3 Å². The first kappa shape index (κ1) is 15.1. The van der Waals surface area contributed by atoms with E-state index in [2.05, 4.69) is 65.4 Å². The molecule has 2 aromatic carbocycles. The van der Waals surface area contributed by atoms with Crippen molar-refractivity contribution in [2.45, 2.75) is 26.4 Å². The van der Waals surface area contributed by atoms with E-state index in [4.69, 9.17) is 4.74 Å². The van der Waals surface area contributed by atoms with Crippen LogP contribution in [0, 0.1) is 6.92 Å². The van der Waals surface area contributed by atoms with Gasteiger partial charge in [-0.3, -0.25) is 0 Å². The fourth-order valence-electron chi connectivity index (χ4n) is 2.03. The molecule has 0 spiro atoms.